The monoisotopic (exact) mass is 346 g/mol. The number of hydrogen-bond donors (Lipinski definition) is 1. The molecular formula is C17H18N2O4S. The molecule has 0 saturated carbocycles. The van der Waals surface area contributed by atoms with Gasteiger partial charge in [0.05, 0.1) is 11.2 Å². The van der Waals surface area contributed by atoms with Crippen molar-refractivity contribution >= 4 is 15.7 Å². The van der Waals surface area contributed by atoms with E-state index in [4.69, 9.17) is 8.83 Å². The summed E-state index contributed by atoms with van der Waals surface area (Å²) in [4.78, 5) is 4.34. The fourth-order valence-electron chi connectivity index (χ4n) is 2.20. The van der Waals surface area contributed by atoms with E-state index in [1.165, 1.54) is 18.4 Å². The van der Waals surface area contributed by atoms with Crippen LogP contribution in [0.4, 0.5) is 5.88 Å². The molecule has 0 fully saturated rings. The first kappa shape index (κ1) is 16.3. The van der Waals surface area contributed by atoms with E-state index in [-0.39, 0.29) is 21.7 Å². The molecule has 0 aliphatic rings. The molecule has 0 aliphatic carbocycles. The minimum absolute atomic E-state index is 0.129. The van der Waals surface area contributed by atoms with Crippen molar-refractivity contribution in [2.75, 3.05) is 11.9 Å². The molecule has 0 amide bonds. The quantitative estimate of drug-likeness (QED) is 0.651. The molecule has 0 unspecified atom stereocenters. The number of anilines is 1. The summed E-state index contributed by atoms with van der Waals surface area (Å²) in [5, 5.41) is 2.89. The van der Waals surface area contributed by atoms with E-state index in [9.17, 15) is 8.42 Å². The van der Waals surface area contributed by atoms with Crippen LogP contribution < -0.4 is 5.32 Å². The van der Waals surface area contributed by atoms with Gasteiger partial charge in [-0.3, -0.25) is 0 Å². The average Bonchev–Trinajstić information content (AvgIpc) is 3.25. The highest BCUT2D eigenvalue weighted by molar-refractivity contribution is 7.91. The smallest absolute Gasteiger partial charge is 0.266 e. The number of hydrogen-bond acceptors (Lipinski definition) is 6. The summed E-state index contributed by atoms with van der Waals surface area (Å²) in [5.41, 5.74) is 0. The maximum absolute atomic E-state index is 12.9. The standard InChI is InChI=1S/C17H18N2O4S/c1-2-3-11-18-16-17(19-15(23-16)14-10-7-12-22-14)24(20,21)13-8-5-4-6-9-13/h4-10,12,18H,2-3,11H2,1H3. The second-order valence-corrected chi connectivity index (χ2v) is 7.09. The SMILES string of the molecule is CCCCNc1oc(-c2ccco2)nc1S(=O)(=O)c1ccccc1. The van der Waals surface area contributed by atoms with Gasteiger partial charge in [-0.15, -0.1) is 0 Å². The number of aromatic nitrogens is 1. The van der Waals surface area contributed by atoms with Crippen molar-refractivity contribution in [2.45, 2.75) is 29.7 Å². The normalized spacial score (nSPS) is 11.5. The number of oxazole rings is 1. The van der Waals surface area contributed by atoms with Gasteiger partial charge in [0.1, 0.15) is 0 Å². The van der Waals surface area contributed by atoms with Crippen molar-refractivity contribution in [1.29, 1.82) is 0 Å². The summed E-state index contributed by atoms with van der Waals surface area (Å²) in [7, 11) is -3.79. The fourth-order valence-corrected chi connectivity index (χ4v) is 3.50. The lowest BCUT2D eigenvalue weighted by atomic mass is 10.3. The zero-order chi connectivity index (χ0) is 17.0. The van der Waals surface area contributed by atoms with E-state index in [0.717, 1.165) is 12.8 Å². The molecule has 3 rings (SSSR count). The molecule has 126 valence electrons. The lowest BCUT2D eigenvalue weighted by molar-refractivity contribution is 0.522. The van der Waals surface area contributed by atoms with Crippen LogP contribution in [0.5, 0.6) is 0 Å². The zero-order valence-corrected chi connectivity index (χ0v) is 14.0. The predicted molar refractivity (Wildman–Crippen MR) is 89.5 cm³/mol. The van der Waals surface area contributed by atoms with Gasteiger partial charge in [0.2, 0.25) is 20.7 Å². The van der Waals surface area contributed by atoms with Gasteiger partial charge in [-0.25, -0.2) is 8.42 Å². The van der Waals surface area contributed by atoms with Crippen molar-refractivity contribution in [3.8, 4) is 11.7 Å². The van der Waals surface area contributed by atoms with Crippen LogP contribution in [0.15, 0.2) is 67.5 Å². The van der Waals surface area contributed by atoms with Crippen molar-refractivity contribution in [3.05, 3.63) is 48.7 Å². The first-order chi connectivity index (χ1) is 11.6. The van der Waals surface area contributed by atoms with Crippen LogP contribution in [0, 0.1) is 0 Å². The Bertz CT molecular complexity index is 884. The molecule has 0 bridgehead atoms. The summed E-state index contributed by atoms with van der Waals surface area (Å²) < 4.78 is 36.6. The predicted octanol–water partition coefficient (Wildman–Crippen LogP) is 3.98. The highest BCUT2D eigenvalue weighted by atomic mass is 32.2. The molecule has 0 radical (unpaired) electrons. The Labute approximate surface area is 140 Å². The van der Waals surface area contributed by atoms with Crippen molar-refractivity contribution in [2.24, 2.45) is 0 Å². The van der Waals surface area contributed by atoms with E-state index in [2.05, 4.69) is 17.2 Å². The maximum atomic E-state index is 12.9. The molecular weight excluding hydrogens is 328 g/mol. The maximum Gasteiger partial charge on any atom is 0.266 e. The van der Waals surface area contributed by atoms with E-state index < -0.39 is 9.84 Å². The molecule has 24 heavy (non-hydrogen) atoms. The van der Waals surface area contributed by atoms with Gasteiger partial charge in [0.25, 0.3) is 5.89 Å². The molecule has 1 N–H and O–H groups in total. The Morgan fingerprint density at radius 1 is 1.12 bits per heavy atom. The van der Waals surface area contributed by atoms with E-state index in [1.807, 2.05) is 0 Å². The molecule has 0 saturated heterocycles. The minimum atomic E-state index is -3.79. The fraction of sp³-hybridized carbons (Fsp3) is 0.235. The summed E-state index contributed by atoms with van der Waals surface area (Å²) >= 11 is 0. The topological polar surface area (TPSA) is 85.3 Å². The Morgan fingerprint density at radius 2 is 1.92 bits per heavy atom. The van der Waals surface area contributed by atoms with Crippen LogP contribution in [0.25, 0.3) is 11.7 Å². The summed E-state index contributed by atoms with van der Waals surface area (Å²) in [6.07, 6.45) is 3.35. The van der Waals surface area contributed by atoms with Crippen molar-refractivity contribution < 1.29 is 17.3 Å². The van der Waals surface area contributed by atoms with Crippen LogP contribution in [0.3, 0.4) is 0 Å². The molecule has 3 aromatic rings. The number of furan rings is 1. The molecule has 7 heteroatoms. The molecule has 6 nitrogen and oxygen atoms in total. The number of sulfone groups is 1. The molecule has 1 aromatic carbocycles. The largest absolute Gasteiger partial charge is 0.459 e. The van der Waals surface area contributed by atoms with Crippen molar-refractivity contribution in [3.63, 3.8) is 0 Å². The van der Waals surface area contributed by atoms with Gasteiger partial charge in [-0.2, -0.15) is 4.98 Å². The van der Waals surface area contributed by atoms with Crippen molar-refractivity contribution in [1.82, 2.24) is 4.98 Å². The summed E-state index contributed by atoms with van der Waals surface area (Å²) in [6, 6.07) is 11.5. The number of nitrogens with zero attached hydrogens (tertiary/aromatic N) is 1. The van der Waals surface area contributed by atoms with Gasteiger partial charge >= 0.3 is 0 Å². The Hall–Kier alpha value is -2.54. The number of nitrogens with one attached hydrogen (secondary N) is 1. The third-order valence-corrected chi connectivity index (χ3v) is 5.13. The first-order valence-corrected chi connectivity index (χ1v) is 9.20. The second kappa shape index (κ2) is 6.92. The van der Waals surface area contributed by atoms with E-state index >= 15 is 0 Å². The third-order valence-electron chi connectivity index (χ3n) is 3.45. The average molecular weight is 346 g/mol. The second-order valence-electron chi connectivity index (χ2n) is 5.23. The number of unbranched alkanes of at least 4 members (excludes halogenated alkanes) is 1. The Balaban J connectivity index is 2.04. The van der Waals surface area contributed by atoms with Crippen LogP contribution >= 0.6 is 0 Å². The van der Waals surface area contributed by atoms with Crippen LogP contribution in [0.2, 0.25) is 0 Å². The van der Waals surface area contributed by atoms with Gasteiger partial charge in [-0.1, -0.05) is 31.5 Å². The van der Waals surface area contributed by atoms with Gasteiger partial charge < -0.3 is 14.2 Å². The molecule has 0 aliphatic heterocycles. The third kappa shape index (κ3) is 3.21. The highest BCUT2D eigenvalue weighted by Gasteiger charge is 2.28. The number of rotatable bonds is 7. The van der Waals surface area contributed by atoms with Gasteiger partial charge in [0.15, 0.2) is 5.76 Å². The number of benzene rings is 1. The molecule has 2 heterocycles. The van der Waals surface area contributed by atoms with E-state index in [0.29, 0.717) is 12.3 Å². The first-order valence-electron chi connectivity index (χ1n) is 7.71. The Kier molecular flexibility index (Phi) is 4.71. The van der Waals surface area contributed by atoms with Crippen LogP contribution in [0.1, 0.15) is 19.8 Å². The van der Waals surface area contributed by atoms with Gasteiger partial charge in [0, 0.05) is 6.54 Å². The van der Waals surface area contributed by atoms with Crippen LogP contribution in [-0.4, -0.2) is 19.9 Å². The summed E-state index contributed by atoms with van der Waals surface area (Å²) in [5.74, 6) is 0.648. The molecule has 2 aromatic heterocycles. The highest BCUT2D eigenvalue weighted by Crippen LogP contribution is 2.32. The zero-order valence-electron chi connectivity index (χ0n) is 13.2. The van der Waals surface area contributed by atoms with Crippen LogP contribution in [-0.2, 0) is 9.84 Å². The minimum Gasteiger partial charge on any atom is -0.459 e. The lowest BCUT2D eigenvalue weighted by Gasteiger charge is -2.05. The molecule has 0 spiro atoms. The molecule has 0 atom stereocenters. The summed E-state index contributed by atoms with van der Waals surface area (Å²) in [6.45, 7) is 2.65. The lowest BCUT2D eigenvalue weighted by Crippen LogP contribution is -2.08. The Morgan fingerprint density at radius 3 is 2.58 bits per heavy atom. The van der Waals surface area contributed by atoms with E-state index in [1.54, 1.807) is 30.3 Å². The van der Waals surface area contributed by atoms with Gasteiger partial charge in [-0.05, 0) is 30.7 Å².